The van der Waals surface area contributed by atoms with Gasteiger partial charge in [-0.2, -0.15) is 11.3 Å². The minimum atomic E-state index is -0.293. The van der Waals surface area contributed by atoms with Crippen LogP contribution in [-0.4, -0.2) is 29.9 Å². The quantitative estimate of drug-likeness (QED) is 0.826. The molecule has 2 N–H and O–H groups in total. The van der Waals surface area contributed by atoms with Gasteiger partial charge in [0.25, 0.3) is 5.91 Å². The van der Waals surface area contributed by atoms with Crippen LogP contribution in [0.25, 0.3) is 0 Å². The van der Waals surface area contributed by atoms with Gasteiger partial charge in [-0.05, 0) is 25.3 Å². The van der Waals surface area contributed by atoms with Crippen LogP contribution in [0.1, 0.15) is 24.2 Å². The van der Waals surface area contributed by atoms with Crippen molar-refractivity contribution in [3.05, 3.63) is 22.4 Å². The predicted molar refractivity (Wildman–Crippen MR) is 59.5 cm³/mol. The molecule has 4 heteroatoms. The second-order valence-electron chi connectivity index (χ2n) is 3.89. The highest BCUT2D eigenvalue weighted by atomic mass is 32.1. The number of carbonyl (C=O) groups is 1. The summed E-state index contributed by atoms with van der Waals surface area (Å²) in [6, 6.07) is 1.83. The third-order valence-corrected chi connectivity index (χ3v) is 3.16. The minimum absolute atomic E-state index is 0.0294. The molecule has 1 aromatic heterocycles. The number of likely N-dealkylation sites (N-methyl/N-ethyl adjacent to an activating group) is 1. The molecule has 0 spiro atoms. The largest absolute Gasteiger partial charge is 0.335 e. The van der Waals surface area contributed by atoms with Crippen LogP contribution in [0.5, 0.6) is 0 Å². The van der Waals surface area contributed by atoms with Gasteiger partial charge in [0, 0.05) is 24.5 Å². The van der Waals surface area contributed by atoms with Crippen LogP contribution in [-0.2, 0) is 0 Å². The van der Waals surface area contributed by atoms with Crippen molar-refractivity contribution in [2.24, 2.45) is 5.73 Å². The second-order valence-corrected chi connectivity index (χ2v) is 4.67. The van der Waals surface area contributed by atoms with Crippen molar-refractivity contribution in [1.29, 1.82) is 0 Å². The van der Waals surface area contributed by atoms with Crippen molar-refractivity contribution in [3.8, 4) is 0 Å². The fraction of sp³-hybridized carbons (Fsp3) is 0.500. The van der Waals surface area contributed by atoms with E-state index in [2.05, 4.69) is 0 Å². The molecule has 0 unspecified atom stereocenters. The van der Waals surface area contributed by atoms with Gasteiger partial charge in [0.15, 0.2) is 0 Å². The van der Waals surface area contributed by atoms with Gasteiger partial charge in [0.05, 0.1) is 5.56 Å². The average molecular weight is 212 g/mol. The zero-order chi connectivity index (χ0) is 10.8. The van der Waals surface area contributed by atoms with E-state index in [0.29, 0.717) is 6.54 Å². The first-order chi connectivity index (χ1) is 6.49. The van der Waals surface area contributed by atoms with Gasteiger partial charge in [-0.15, -0.1) is 0 Å². The Balaban J connectivity index is 2.81. The minimum Gasteiger partial charge on any atom is -0.335 e. The number of nitrogens with zero attached hydrogens (tertiary/aromatic N) is 1. The monoisotopic (exact) mass is 212 g/mol. The smallest absolute Gasteiger partial charge is 0.254 e. The number of nitrogens with two attached hydrogens (primary N) is 1. The molecule has 0 aliphatic carbocycles. The molecule has 0 radical (unpaired) electrons. The lowest BCUT2D eigenvalue weighted by Gasteiger charge is -2.34. The van der Waals surface area contributed by atoms with Gasteiger partial charge in [-0.1, -0.05) is 0 Å². The van der Waals surface area contributed by atoms with Crippen molar-refractivity contribution in [1.82, 2.24) is 4.90 Å². The highest BCUT2D eigenvalue weighted by Gasteiger charge is 2.26. The molecule has 0 fully saturated rings. The maximum Gasteiger partial charge on any atom is 0.254 e. The fourth-order valence-electron chi connectivity index (χ4n) is 0.992. The molecule has 0 aliphatic rings. The van der Waals surface area contributed by atoms with Gasteiger partial charge < -0.3 is 10.6 Å². The highest BCUT2D eigenvalue weighted by Crippen LogP contribution is 2.16. The molecule has 1 aromatic rings. The van der Waals surface area contributed by atoms with Gasteiger partial charge >= 0.3 is 0 Å². The maximum atomic E-state index is 11.9. The number of amides is 1. The summed E-state index contributed by atoms with van der Waals surface area (Å²) in [5.74, 6) is 0.0294. The van der Waals surface area contributed by atoms with E-state index in [4.69, 9.17) is 5.73 Å². The molecule has 14 heavy (non-hydrogen) atoms. The summed E-state index contributed by atoms with van der Waals surface area (Å²) >= 11 is 1.52. The number of hydrogen-bond acceptors (Lipinski definition) is 3. The summed E-state index contributed by atoms with van der Waals surface area (Å²) < 4.78 is 0. The molecule has 0 saturated carbocycles. The Labute approximate surface area is 88.5 Å². The Kier molecular flexibility index (Phi) is 3.29. The Morgan fingerprint density at radius 1 is 1.64 bits per heavy atom. The van der Waals surface area contributed by atoms with Crippen LogP contribution in [0.2, 0.25) is 0 Å². The van der Waals surface area contributed by atoms with Crippen LogP contribution in [0, 0.1) is 0 Å². The van der Waals surface area contributed by atoms with E-state index in [1.54, 1.807) is 11.9 Å². The summed E-state index contributed by atoms with van der Waals surface area (Å²) in [5.41, 5.74) is 6.05. The summed E-state index contributed by atoms with van der Waals surface area (Å²) in [5, 5.41) is 3.75. The number of hydrogen-bond donors (Lipinski definition) is 1. The molecule has 0 aliphatic heterocycles. The van der Waals surface area contributed by atoms with Crippen LogP contribution >= 0.6 is 11.3 Å². The summed E-state index contributed by atoms with van der Waals surface area (Å²) in [6.45, 7) is 4.37. The van der Waals surface area contributed by atoms with E-state index in [9.17, 15) is 4.79 Å². The summed E-state index contributed by atoms with van der Waals surface area (Å²) in [4.78, 5) is 13.6. The molecule has 0 saturated heterocycles. The van der Waals surface area contributed by atoms with E-state index in [-0.39, 0.29) is 11.4 Å². The van der Waals surface area contributed by atoms with Gasteiger partial charge in [-0.25, -0.2) is 0 Å². The summed E-state index contributed by atoms with van der Waals surface area (Å²) in [6.07, 6.45) is 0. The van der Waals surface area contributed by atoms with Crippen LogP contribution in [0.15, 0.2) is 16.8 Å². The molecule has 1 heterocycles. The zero-order valence-electron chi connectivity index (χ0n) is 8.78. The van der Waals surface area contributed by atoms with Crippen LogP contribution < -0.4 is 5.73 Å². The molecule has 0 atom stereocenters. The van der Waals surface area contributed by atoms with Crippen molar-refractivity contribution in [2.75, 3.05) is 13.6 Å². The SMILES string of the molecule is CN(C(=O)c1ccsc1)C(C)(C)CN. The fourth-order valence-corrected chi connectivity index (χ4v) is 1.62. The highest BCUT2D eigenvalue weighted by molar-refractivity contribution is 7.08. The molecule has 1 amide bonds. The van der Waals surface area contributed by atoms with Crippen molar-refractivity contribution in [3.63, 3.8) is 0 Å². The van der Waals surface area contributed by atoms with Gasteiger partial charge in [-0.3, -0.25) is 4.79 Å². The van der Waals surface area contributed by atoms with Crippen LogP contribution in [0.4, 0.5) is 0 Å². The first-order valence-electron chi connectivity index (χ1n) is 4.49. The van der Waals surface area contributed by atoms with E-state index >= 15 is 0 Å². The van der Waals surface area contributed by atoms with E-state index in [1.807, 2.05) is 30.7 Å². The number of thiophene rings is 1. The van der Waals surface area contributed by atoms with Crippen molar-refractivity contribution in [2.45, 2.75) is 19.4 Å². The lowest BCUT2D eigenvalue weighted by molar-refractivity contribution is 0.0641. The van der Waals surface area contributed by atoms with Crippen LogP contribution in [0.3, 0.4) is 0 Å². The topological polar surface area (TPSA) is 46.3 Å². The molecule has 3 nitrogen and oxygen atoms in total. The third kappa shape index (κ3) is 2.13. The van der Waals surface area contributed by atoms with Crippen molar-refractivity contribution < 1.29 is 4.79 Å². The predicted octanol–water partition coefficient (Wildman–Crippen LogP) is 1.56. The molecule has 1 rings (SSSR count). The first kappa shape index (κ1) is 11.2. The Morgan fingerprint density at radius 2 is 2.29 bits per heavy atom. The molecular weight excluding hydrogens is 196 g/mol. The lowest BCUT2D eigenvalue weighted by atomic mass is 10.0. The first-order valence-corrected chi connectivity index (χ1v) is 5.44. The van der Waals surface area contributed by atoms with Gasteiger partial charge in [0.1, 0.15) is 0 Å². The molecular formula is C10H16N2OS. The molecule has 0 bridgehead atoms. The normalized spacial score (nSPS) is 11.4. The standard InChI is InChI=1S/C10H16N2OS/c1-10(2,7-11)12(3)9(13)8-4-5-14-6-8/h4-6H,7,11H2,1-3H3. The molecule has 0 aromatic carbocycles. The second kappa shape index (κ2) is 4.11. The molecule has 78 valence electrons. The Hall–Kier alpha value is -0.870. The Bertz CT molecular complexity index is 306. The average Bonchev–Trinajstić information content (AvgIpc) is 2.68. The third-order valence-electron chi connectivity index (χ3n) is 2.48. The van der Waals surface area contributed by atoms with E-state index in [1.165, 1.54) is 11.3 Å². The van der Waals surface area contributed by atoms with E-state index in [0.717, 1.165) is 5.56 Å². The van der Waals surface area contributed by atoms with Gasteiger partial charge in [0.2, 0.25) is 0 Å². The summed E-state index contributed by atoms with van der Waals surface area (Å²) in [7, 11) is 1.78. The number of carbonyl (C=O) groups excluding carboxylic acids is 1. The van der Waals surface area contributed by atoms with E-state index < -0.39 is 0 Å². The maximum absolute atomic E-state index is 11.9. The number of rotatable bonds is 3. The zero-order valence-corrected chi connectivity index (χ0v) is 9.60. The lowest BCUT2D eigenvalue weighted by Crippen LogP contribution is -2.49. The Morgan fingerprint density at radius 3 is 2.71 bits per heavy atom. The van der Waals surface area contributed by atoms with Crippen molar-refractivity contribution >= 4 is 17.2 Å².